The van der Waals surface area contributed by atoms with Crippen LogP contribution in [0.4, 0.5) is 0 Å². The summed E-state index contributed by atoms with van der Waals surface area (Å²) >= 11 is 0. The molecule has 146 valence electrons. The molecule has 1 atom stereocenters. The van der Waals surface area contributed by atoms with Crippen molar-refractivity contribution < 1.29 is 4.42 Å². The highest BCUT2D eigenvalue weighted by atomic mass is 16.3. The van der Waals surface area contributed by atoms with Gasteiger partial charge in [-0.15, -0.1) is 0 Å². The molecule has 2 aliphatic rings. The van der Waals surface area contributed by atoms with Crippen LogP contribution < -0.4 is 0 Å². The molecule has 2 aliphatic carbocycles. The van der Waals surface area contributed by atoms with Gasteiger partial charge in [-0.1, -0.05) is 98.8 Å². The molecule has 0 N–H and O–H groups in total. The molecule has 0 spiro atoms. The Hall–Kier alpha value is -3.32. The van der Waals surface area contributed by atoms with Gasteiger partial charge in [0, 0.05) is 27.4 Å². The summed E-state index contributed by atoms with van der Waals surface area (Å²) in [5, 5.41) is 1.18. The molecule has 0 radical (unpaired) electrons. The van der Waals surface area contributed by atoms with Gasteiger partial charge in [-0.3, -0.25) is 0 Å². The molecule has 6 rings (SSSR count). The number of rotatable bonds is 1. The number of benzene rings is 3. The van der Waals surface area contributed by atoms with Crippen LogP contribution in [0.1, 0.15) is 48.8 Å². The van der Waals surface area contributed by atoms with Gasteiger partial charge < -0.3 is 4.42 Å². The third-order valence-corrected chi connectivity index (χ3v) is 7.08. The van der Waals surface area contributed by atoms with Gasteiger partial charge >= 0.3 is 0 Å². The Balaban J connectivity index is 1.78. The highest BCUT2D eigenvalue weighted by Crippen LogP contribution is 2.58. The van der Waals surface area contributed by atoms with Crippen molar-refractivity contribution in [2.24, 2.45) is 0 Å². The van der Waals surface area contributed by atoms with Crippen LogP contribution in [-0.4, -0.2) is 0 Å². The molecule has 0 saturated heterocycles. The molecule has 0 bridgehead atoms. The molecular weight excluding hydrogens is 364 g/mol. The summed E-state index contributed by atoms with van der Waals surface area (Å²) in [5.74, 6) is 1.00. The second kappa shape index (κ2) is 5.86. The van der Waals surface area contributed by atoms with Gasteiger partial charge in [0.25, 0.3) is 0 Å². The molecule has 1 heteroatoms. The first-order valence-electron chi connectivity index (χ1n) is 10.6. The Labute approximate surface area is 177 Å². The third-order valence-electron chi connectivity index (χ3n) is 7.08. The van der Waals surface area contributed by atoms with Crippen molar-refractivity contribution in [2.75, 3.05) is 0 Å². The molecule has 0 aliphatic heterocycles. The van der Waals surface area contributed by atoms with E-state index in [1.807, 2.05) is 6.07 Å². The fourth-order valence-corrected chi connectivity index (χ4v) is 5.75. The Morgan fingerprint density at radius 2 is 1.43 bits per heavy atom. The second-order valence-corrected chi connectivity index (χ2v) is 9.16. The minimum Gasteiger partial charge on any atom is -0.455 e. The number of hydrogen-bond acceptors (Lipinski definition) is 1. The van der Waals surface area contributed by atoms with E-state index in [-0.39, 0.29) is 10.8 Å². The van der Waals surface area contributed by atoms with Crippen molar-refractivity contribution in [1.82, 2.24) is 0 Å². The molecule has 0 amide bonds. The lowest BCUT2D eigenvalue weighted by molar-refractivity contribution is 0.531. The van der Waals surface area contributed by atoms with E-state index >= 15 is 0 Å². The normalized spacial score (nSPS) is 21.3. The molecule has 1 heterocycles. The van der Waals surface area contributed by atoms with Gasteiger partial charge in [-0.25, -0.2) is 0 Å². The van der Waals surface area contributed by atoms with Gasteiger partial charge in [-0.2, -0.15) is 0 Å². The maximum atomic E-state index is 6.55. The minimum atomic E-state index is -0.234. The first-order valence-corrected chi connectivity index (χ1v) is 10.6. The Bertz CT molecular complexity index is 1360. The van der Waals surface area contributed by atoms with Crippen molar-refractivity contribution in [3.8, 4) is 0 Å². The molecule has 1 unspecified atom stereocenters. The van der Waals surface area contributed by atoms with Crippen LogP contribution in [0, 0.1) is 0 Å². The molecule has 0 saturated carbocycles. The first-order chi connectivity index (χ1) is 14.5. The van der Waals surface area contributed by atoms with Gasteiger partial charge in [0.15, 0.2) is 0 Å². The van der Waals surface area contributed by atoms with Crippen LogP contribution in [0.3, 0.4) is 0 Å². The number of fused-ring (bicyclic) bond motifs is 6. The summed E-state index contributed by atoms with van der Waals surface area (Å²) in [6.07, 6.45) is 4.67. The second-order valence-electron chi connectivity index (χ2n) is 9.16. The summed E-state index contributed by atoms with van der Waals surface area (Å²) in [5.41, 5.74) is 8.44. The standard InChI is InChI=1S/C29H24O/c1-28(2)23-15-9-7-14-22(23)25-26-21(20-13-8-10-16-24(20)30-26)17-18-29(3,27(25)28)19-11-5-4-6-12-19/h4-18H,1-3H3. The zero-order valence-electron chi connectivity index (χ0n) is 17.6. The number of furan rings is 1. The highest BCUT2D eigenvalue weighted by molar-refractivity contribution is 6.01. The van der Waals surface area contributed by atoms with Crippen LogP contribution in [0.15, 0.2) is 94.9 Å². The first kappa shape index (κ1) is 17.5. The van der Waals surface area contributed by atoms with Crippen LogP contribution in [-0.2, 0) is 10.8 Å². The van der Waals surface area contributed by atoms with E-state index < -0.39 is 0 Å². The summed E-state index contributed by atoms with van der Waals surface area (Å²) in [7, 11) is 0. The zero-order valence-corrected chi connectivity index (χ0v) is 17.6. The van der Waals surface area contributed by atoms with Crippen LogP contribution in [0.25, 0.3) is 22.6 Å². The fourth-order valence-electron chi connectivity index (χ4n) is 5.75. The Kier molecular flexibility index (Phi) is 3.42. The lowest BCUT2D eigenvalue weighted by Gasteiger charge is -2.38. The largest absolute Gasteiger partial charge is 0.455 e. The summed E-state index contributed by atoms with van der Waals surface area (Å²) < 4.78 is 6.55. The molecule has 1 aromatic heterocycles. The predicted molar refractivity (Wildman–Crippen MR) is 125 cm³/mol. The van der Waals surface area contributed by atoms with Gasteiger partial charge in [-0.05, 0) is 35.3 Å². The summed E-state index contributed by atoms with van der Waals surface area (Å²) in [6.45, 7) is 7.07. The van der Waals surface area contributed by atoms with E-state index in [0.717, 1.165) is 11.3 Å². The van der Waals surface area contributed by atoms with Crippen molar-refractivity contribution in [1.29, 1.82) is 0 Å². The topological polar surface area (TPSA) is 13.1 Å². The average molecular weight is 389 g/mol. The zero-order chi connectivity index (χ0) is 20.5. The average Bonchev–Trinajstić information content (AvgIpc) is 3.20. The molecule has 30 heavy (non-hydrogen) atoms. The fraction of sp³-hybridized carbons (Fsp3) is 0.172. The molecule has 3 aromatic carbocycles. The maximum Gasteiger partial charge on any atom is 0.143 e. The van der Waals surface area contributed by atoms with Crippen molar-refractivity contribution in [3.63, 3.8) is 0 Å². The van der Waals surface area contributed by atoms with E-state index in [9.17, 15) is 0 Å². The number of allylic oxidation sites excluding steroid dienone is 2. The molecular formula is C29H24O. The van der Waals surface area contributed by atoms with E-state index in [1.54, 1.807) is 0 Å². The SMILES string of the molecule is CC1(C)C2=C(c3ccccc31)c1oc3ccccc3c1C=CC2(C)c1ccccc1. The summed E-state index contributed by atoms with van der Waals surface area (Å²) in [6, 6.07) is 28.1. The van der Waals surface area contributed by atoms with Gasteiger partial charge in [0.1, 0.15) is 11.3 Å². The Morgan fingerprint density at radius 3 is 2.27 bits per heavy atom. The van der Waals surface area contributed by atoms with Crippen molar-refractivity contribution in [2.45, 2.75) is 31.6 Å². The van der Waals surface area contributed by atoms with Crippen molar-refractivity contribution in [3.05, 3.63) is 119 Å². The maximum absolute atomic E-state index is 6.55. The monoisotopic (exact) mass is 388 g/mol. The summed E-state index contributed by atoms with van der Waals surface area (Å²) in [4.78, 5) is 0. The minimum absolute atomic E-state index is 0.110. The lowest BCUT2D eigenvalue weighted by Crippen LogP contribution is -2.32. The van der Waals surface area contributed by atoms with E-state index in [4.69, 9.17) is 4.42 Å². The van der Waals surface area contributed by atoms with Gasteiger partial charge in [0.2, 0.25) is 0 Å². The van der Waals surface area contributed by atoms with Crippen LogP contribution >= 0.6 is 0 Å². The predicted octanol–water partition coefficient (Wildman–Crippen LogP) is 7.51. The molecule has 0 fully saturated rings. The van der Waals surface area contributed by atoms with Gasteiger partial charge in [0.05, 0.1) is 0 Å². The highest BCUT2D eigenvalue weighted by Gasteiger charge is 2.48. The quantitative estimate of drug-likeness (QED) is 0.329. The van der Waals surface area contributed by atoms with E-state index in [2.05, 4.69) is 106 Å². The van der Waals surface area contributed by atoms with E-state index in [1.165, 1.54) is 38.8 Å². The molecule has 1 nitrogen and oxygen atoms in total. The van der Waals surface area contributed by atoms with Crippen LogP contribution in [0.2, 0.25) is 0 Å². The van der Waals surface area contributed by atoms with Crippen molar-refractivity contribution >= 4 is 22.6 Å². The molecule has 4 aromatic rings. The Morgan fingerprint density at radius 1 is 0.733 bits per heavy atom. The smallest absolute Gasteiger partial charge is 0.143 e. The van der Waals surface area contributed by atoms with Crippen LogP contribution in [0.5, 0.6) is 0 Å². The number of hydrogen-bond donors (Lipinski definition) is 0. The number of para-hydroxylation sites is 1. The van der Waals surface area contributed by atoms with E-state index in [0.29, 0.717) is 0 Å². The third kappa shape index (κ3) is 2.13. The lowest BCUT2D eigenvalue weighted by atomic mass is 9.65.